The van der Waals surface area contributed by atoms with Crippen LogP contribution in [0.2, 0.25) is 0 Å². The van der Waals surface area contributed by atoms with E-state index in [9.17, 15) is 9.59 Å². The molecule has 0 aromatic rings. The summed E-state index contributed by atoms with van der Waals surface area (Å²) in [5.41, 5.74) is 0. The first-order valence-corrected chi connectivity index (χ1v) is 19.4. The van der Waals surface area contributed by atoms with Crippen molar-refractivity contribution in [2.24, 2.45) is 0 Å². The summed E-state index contributed by atoms with van der Waals surface area (Å²) in [4.78, 5) is 23.9. The van der Waals surface area contributed by atoms with E-state index >= 15 is 0 Å². The first-order valence-electron chi connectivity index (χ1n) is 19.4. The number of carbonyl (C=O) groups excluding carboxylic acids is 2. The lowest BCUT2D eigenvalue weighted by atomic mass is 10.0. The zero-order chi connectivity index (χ0) is 33.8. The van der Waals surface area contributed by atoms with Gasteiger partial charge in [0.15, 0.2) is 0 Å². The zero-order valence-electron chi connectivity index (χ0n) is 30.7. The number of hydrogen-bond acceptors (Lipinski definition) is 6. The highest BCUT2D eigenvalue weighted by molar-refractivity contribution is 5.69. The summed E-state index contributed by atoms with van der Waals surface area (Å²) < 4.78 is 22.6. The second kappa shape index (κ2) is 36.2. The van der Waals surface area contributed by atoms with E-state index in [1.165, 1.54) is 51.4 Å². The van der Waals surface area contributed by atoms with Crippen molar-refractivity contribution in [2.45, 2.75) is 200 Å². The van der Waals surface area contributed by atoms with Crippen molar-refractivity contribution in [3.63, 3.8) is 0 Å². The predicted octanol–water partition coefficient (Wildman–Crippen LogP) is 11.7. The molecule has 0 amide bonds. The first-order chi connectivity index (χ1) is 22.5. The van der Waals surface area contributed by atoms with Crippen molar-refractivity contribution in [3.05, 3.63) is 24.3 Å². The molecule has 0 N–H and O–H groups in total. The largest absolute Gasteiger partial charge is 0.461 e. The van der Waals surface area contributed by atoms with Gasteiger partial charge in [-0.2, -0.15) is 0 Å². The standard InChI is InChI=1S/C40H74O6/c1-5-8-10-12-14-22-28-34-43-39(41)32-26-20-16-18-24-30-38(46-36-45-37(4)7-3)31-25-19-17-21-27-33-40(42)44-35-29-23-15-13-11-9-6-2/h22-23,28-29,37-38H,5-21,24-27,30-36H2,1-4H3/b28-22-,29-23-. The average molecular weight is 651 g/mol. The van der Waals surface area contributed by atoms with E-state index in [2.05, 4.69) is 39.8 Å². The van der Waals surface area contributed by atoms with Crippen LogP contribution < -0.4 is 0 Å². The van der Waals surface area contributed by atoms with Crippen molar-refractivity contribution in [2.75, 3.05) is 20.0 Å². The Morgan fingerprint density at radius 1 is 0.522 bits per heavy atom. The van der Waals surface area contributed by atoms with E-state index in [1.807, 2.05) is 12.2 Å². The van der Waals surface area contributed by atoms with Gasteiger partial charge in [0.05, 0.1) is 12.2 Å². The lowest BCUT2D eigenvalue weighted by molar-refractivity contribution is -0.143. The van der Waals surface area contributed by atoms with Crippen LogP contribution >= 0.6 is 0 Å². The molecule has 46 heavy (non-hydrogen) atoms. The first kappa shape index (κ1) is 44.3. The molecule has 0 aliphatic rings. The lowest BCUT2D eigenvalue weighted by Crippen LogP contribution is -2.18. The Labute approximate surface area is 284 Å². The Kier molecular flexibility index (Phi) is 34.9. The van der Waals surface area contributed by atoms with Crippen LogP contribution in [0.15, 0.2) is 24.3 Å². The van der Waals surface area contributed by atoms with Gasteiger partial charge in [-0.05, 0) is 64.7 Å². The van der Waals surface area contributed by atoms with Gasteiger partial charge in [-0.15, -0.1) is 0 Å². The fraction of sp³-hybridized carbons (Fsp3) is 0.850. The van der Waals surface area contributed by atoms with Crippen LogP contribution in [-0.4, -0.2) is 44.2 Å². The minimum atomic E-state index is -0.0819. The van der Waals surface area contributed by atoms with Gasteiger partial charge >= 0.3 is 11.9 Å². The Morgan fingerprint density at radius 3 is 1.41 bits per heavy atom. The van der Waals surface area contributed by atoms with Crippen LogP contribution in [0, 0.1) is 0 Å². The van der Waals surface area contributed by atoms with Gasteiger partial charge in [0.1, 0.15) is 20.0 Å². The molecule has 0 heterocycles. The number of esters is 2. The van der Waals surface area contributed by atoms with Crippen LogP contribution in [0.1, 0.15) is 188 Å². The molecule has 0 fully saturated rings. The summed E-state index contributed by atoms with van der Waals surface area (Å²) in [5, 5.41) is 0. The fourth-order valence-electron chi connectivity index (χ4n) is 5.20. The molecule has 1 unspecified atom stereocenters. The highest BCUT2D eigenvalue weighted by Crippen LogP contribution is 2.17. The fourth-order valence-corrected chi connectivity index (χ4v) is 5.20. The number of unbranched alkanes of at least 4 members (excludes halogenated alkanes) is 16. The molecular weight excluding hydrogens is 576 g/mol. The summed E-state index contributed by atoms with van der Waals surface area (Å²) in [6.07, 6.45) is 35.8. The normalized spacial score (nSPS) is 12.5. The third kappa shape index (κ3) is 33.7. The molecule has 0 rings (SSSR count). The van der Waals surface area contributed by atoms with E-state index in [-0.39, 0.29) is 24.1 Å². The SMILES string of the molecule is CCCCCC/C=C\COC(=O)CCCCCCCC(CCCCCCCC(=O)OC/C=C\CCCCCC)OCOC(C)CC. The van der Waals surface area contributed by atoms with Crippen molar-refractivity contribution in [3.8, 4) is 0 Å². The van der Waals surface area contributed by atoms with Gasteiger partial charge in [-0.25, -0.2) is 0 Å². The summed E-state index contributed by atoms with van der Waals surface area (Å²) in [6.45, 7) is 9.83. The predicted molar refractivity (Wildman–Crippen MR) is 193 cm³/mol. The number of hydrogen-bond donors (Lipinski definition) is 0. The third-order valence-electron chi connectivity index (χ3n) is 8.51. The molecule has 0 radical (unpaired) electrons. The monoisotopic (exact) mass is 651 g/mol. The van der Waals surface area contributed by atoms with Crippen molar-refractivity contribution >= 4 is 11.9 Å². The molecular formula is C40H74O6. The Bertz CT molecular complexity index is 667. The Morgan fingerprint density at radius 2 is 0.957 bits per heavy atom. The summed E-state index contributed by atoms with van der Waals surface area (Å²) in [6, 6.07) is 0. The topological polar surface area (TPSA) is 71.1 Å². The number of rotatable bonds is 35. The van der Waals surface area contributed by atoms with Crippen molar-refractivity contribution in [1.82, 2.24) is 0 Å². The minimum Gasteiger partial charge on any atom is -0.461 e. The lowest BCUT2D eigenvalue weighted by Gasteiger charge is -2.19. The van der Waals surface area contributed by atoms with Gasteiger partial charge in [-0.3, -0.25) is 9.59 Å². The quantitative estimate of drug-likeness (QED) is 0.0294. The van der Waals surface area contributed by atoms with Gasteiger partial charge in [0, 0.05) is 12.8 Å². The maximum atomic E-state index is 12.0. The second-order valence-electron chi connectivity index (χ2n) is 12.9. The molecule has 0 saturated carbocycles. The van der Waals surface area contributed by atoms with E-state index < -0.39 is 0 Å². The van der Waals surface area contributed by atoms with Gasteiger partial charge in [0.2, 0.25) is 0 Å². The minimum absolute atomic E-state index is 0.0819. The third-order valence-corrected chi connectivity index (χ3v) is 8.51. The molecule has 6 nitrogen and oxygen atoms in total. The molecule has 0 aromatic heterocycles. The molecule has 0 aromatic carbocycles. The Hall–Kier alpha value is -1.66. The summed E-state index contributed by atoms with van der Waals surface area (Å²) >= 11 is 0. The number of allylic oxidation sites excluding steroid dienone is 2. The van der Waals surface area contributed by atoms with Crippen molar-refractivity contribution in [1.29, 1.82) is 0 Å². The van der Waals surface area contributed by atoms with E-state index in [0.29, 0.717) is 32.8 Å². The molecule has 0 aliphatic carbocycles. The summed E-state index contributed by atoms with van der Waals surface area (Å²) in [5.74, 6) is -0.164. The summed E-state index contributed by atoms with van der Waals surface area (Å²) in [7, 11) is 0. The smallest absolute Gasteiger partial charge is 0.306 e. The van der Waals surface area contributed by atoms with E-state index in [4.69, 9.17) is 18.9 Å². The number of carbonyl (C=O) groups is 2. The van der Waals surface area contributed by atoms with Crippen LogP contribution in [0.25, 0.3) is 0 Å². The van der Waals surface area contributed by atoms with Crippen LogP contribution in [-0.2, 0) is 28.5 Å². The second-order valence-corrected chi connectivity index (χ2v) is 12.9. The Balaban J connectivity index is 3.95. The molecule has 0 spiro atoms. The molecule has 270 valence electrons. The highest BCUT2D eigenvalue weighted by Gasteiger charge is 2.11. The maximum Gasteiger partial charge on any atom is 0.306 e. The maximum absolute atomic E-state index is 12.0. The number of ether oxygens (including phenoxy) is 4. The average Bonchev–Trinajstić information content (AvgIpc) is 3.05. The van der Waals surface area contributed by atoms with Gasteiger partial charge in [0.25, 0.3) is 0 Å². The molecule has 0 bridgehead atoms. The highest BCUT2D eigenvalue weighted by atomic mass is 16.7. The van der Waals surface area contributed by atoms with Crippen molar-refractivity contribution < 1.29 is 28.5 Å². The van der Waals surface area contributed by atoms with Crippen LogP contribution in [0.3, 0.4) is 0 Å². The van der Waals surface area contributed by atoms with Crippen LogP contribution in [0.5, 0.6) is 0 Å². The molecule has 0 saturated heterocycles. The molecule has 1 atom stereocenters. The molecule has 6 heteroatoms. The zero-order valence-corrected chi connectivity index (χ0v) is 30.7. The van der Waals surface area contributed by atoms with Gasteiger partial charge < -0.3 is 18.9 Å². The van der Waals surface area contributed by atoms with Gasteiger partial charge in [-0.1, -0.05) is 135 Å². The molecule has 0 aliphatic heterocycles. The van der Waals surface area contributed by atoms with E-state index in [1.54, 1.807) is 0 Å². The van der Waals surface area contributed by atoms with E-state index in [0.717, 1.165) is 96.3 Å². The van der Waals surface area contributed by atoms with Crippen LogP contribution in [0.4, 0.5) is 0 Å².